The van der Waals surface area contributed by atoms with Gasteiger partial charge < -0.3 is 16.4 Å². The number of rotatable bonds is 5. The van der Waals surface area contributed by atoms with E-state index in [9.17, 15) is 9.59 Å². The lowest BCUT2D eigenvalue weighted by molar-refractivity contribution is -0.139. The molecule has 102 valence electrons. The van der Waals surface area contributed by atoms with Gasteiger partial charge >= 0.3 is 11.8 Å². The first-order valence-electron chi connectivity index (χ1n) is 5.90. The molecule has 6 heteroatoms. The third-order valence-electron chi connectivity index (χ3n) is 2.39. The molecule has 0 fully saturated rings. The summed E-state index contributed by atoms with van der Waals surface area (Å²) in [6, 6.07) is 9.59. The van der Waals surface area contributed by atoms with Gasteiger partial charge in [-0.1, -0.05) is 42.5 Å². The highest BCUT2D eigenvalue weighted by Crippen LogP contribution is 2.02. The predicted molar refractivity (Wildman–Crippen MR) is 77.5 cm³/mol. The van der Waals surface area contributed by atoms with Crippen molar-refractivity contribution in [3.05, 3.63) is 35.9 Å². The summed E-state index contributed by atoms with van der Waals surface area (Å²) in [5.41, 5.74) is 6.33. The topological polar surface area (TPSA) is 84.2 Å². The van der Waals surface area contributed by atoms with E-state index in [0.29, 0.717) is 6.42 Å². The van der Waals surface area contributed by atoms with E-state index in [-0.39, 0.29) is 17.6 Å². The molecule has 4 N–H and O–H groups in total. The van der Waals surface area contributed by atoms with E-state index in [0.717, 1.165) is 5.56 Å². The zero-order valence-corrected chi connectivity index (χ0v) is 11.5. The average Bonchev–Trinajstić information content (AvgIpc) is 2.36. The predicted octanol–water partition coefficient (Wildman–Crippen LogP) is 0.136. The van der Waals surface area contributed by atoms with Gasteiger partial charge in [-0.3, -0.25) is 9.59 Å². The van der Waals surface area contributed by atoms with E-state index in [1.54, 1.807) is 0 Å². The molecule has 1 unspecified atom stereocenters. The first-order chi connectivity index (χ1) is 8.99. The molecule has 19 heavy (non-hydrogen) atoms. The van der Waals surface area contributed by atoms with E-state index >= 15 is 0 Å². The van der Waals surface area contributed by atoms with Gasteiger partial charge in [0.25, 0.3) is 0 Å². The summed E-state index contributed by atoms with van der Waals surface area (Å²) in [6.07, 6.45) is 0.662. The Balaban J connectivity index is 2.39. The molecule has 0 spiro atoms. The van der Waals surface area contributed by atoms with Gasteiger partial charge in [-0.05, 0) is 18.9 Å². The Bertz CT molecular complexity index is 462. The van der Waals surface area contributed by atoms with Gasteiger partial charge in [-0.2, -0.15) is 0 Å². The molecule has 2 amide bonds. The molecular weight excluding hydrogens is 262 g/mol. The quantitative estimate of drug-likeness (QED) is 0.528. The molecule has 0 saturated carbocycles. The van der Waals surface area contributed by atoms with Gasteiger partial charge in [0, 0.05) is 6.04 Å². The lowest BCUT2D eigenvalue weighted by Gasteiger charge is -2.13. The molecule has 0 aliphatic rings. The lowest BCUT2D eigenvalue weighted by Crippen LogP contribution is -2.46. The molecule has 1 aromatic rings. The number of hydrogen-bond donors (Lipinski definition) is 3. The van der Waals surface area contributed by atoms with Crippen LogP contribution < -0.4 is 16.4 Å². The van der Waals surface area contributed by atoms with E-state index < -0.39 is 11.8 Å². The minimum absolute atomic E-state index is 0.0225. The molecule has 0 saturated heterocycles. The van der Waals surface area contributed by atoms with Crippen LogP contribution in [0.5, 0.6) is 0 Å². The summed E-state index contributed by atoms with van der Waals surface area (Å²) < 4.78 is 0. The van der Waals surface area contributed by atoms with Gasteiger partial charge in [0.05, 0.1) is 11.5 Å². The summed E-state index contributed by atoms with van der Waals surface area (Å²) >= 11 is 4.61. The molecule has 1 rings (SSSR count). The third-order valence-corrected chi connectivity index (χ3v) is 2.54. The number of thiocarbonyl (C=S) groups is 1. The van der Waals surface area contributed by atoms with Crippen molar-refractivity contribution >= 4 is 29.0 Å². The highest BCUT2D eigenvalue weighted by Gasteiger charge is 2.15. The fourth-order valence-corrected chi connectivity index (χ4v) is 1.63. The minimum atomic E-state index is -0.729. The first kappa shape index (κ1) is 15.1. The first-order valence-corrected chi connectivity index (χ1v) is 6.30. The van der Waals surface area contributed by atoms with Gasteiger partial charge in [-0.15, -0.1) is 0 Å². The van der Waals surface area contributed by atoms with Gasteiger partial charge in [0.1, 0.15) is 0 Å². The highest BCUT2D eigenvalue weighted by atomic mass is 32.1. The molecule has 1 aromatic carbocycles. The summed E-state index contributed by atoms with van der Waals surface area (Å²) in [6.45, 7) is 1.86. The van der Waals surface area contributed by atoms with E-state index in [2.05, 4.69) is 22.9 Å². The number of nitrogens with two attached hydrogens (primary N) is 1. The van der Waals surface area contributed by atoms with Crippen molar-refractivity contribution in [2.24, 2.45) is 5.73 Å². The van der Waals surface area contributed by atoms with Gasteiger partial charge in [0.15, 0.2) is 0 Å². The van der Waals surface area contributed by atoms with E-state index in [1.165, 1.54) is 0 Å². The van der Waals surface area contributed by atoms with Crippen LogP contribution in [0.4, 0.5) is 0 Å². The van der Waals surface area contributed by atoms with Crippen molar-refractivity contribution in [3.63, 3.8) is 0 Å². The maximum atomic E-state index is 11.5. The summed E-state index contributed by atoms with van der Waals surface area (Å²) in [5.74, 6) is -1.41. The number of carbonyl (C=O) groups excluding carboxylic acids is 2. The van der Waals surface area contributed by atoms with Crippen molar-refractivity contribution in [3.8, 4) is 0 Å². The van der Waals surface area contributed by atoms with Crippen LogP contribution in [0.25, 0.3) is 0 Å². The van der Waals surface area contributed by atoms with Crippen LogP contribution in [0.1, 0.15) is 12.5 Å². The molecule has 0 aliphatic carbocycles. The summed E-state index contributed by atoms with van der Waals surface area (Å²) in [7, 11) is 0. The zero-order chi connectivity index (χ0) is 14.3. The summed E-state index contributed by atoms with van der Waals surface area (Å²) in [5, 5.41) is 4.95. The Labute approximate surface area is 117 Å². The summed E-state index contributed by atoms with van der Waals surface area (Å²) in [4.78, 5) is 23.1. The minimum Gasteiger partial charge on any atom is -0.392 e. The standard InChI is InChI=1S/C13H17N3O2S/c1-9(7-10-5-3-2-4-6-10)16-13(18)12(17)15-8-11(14)19/h2-6,9H,7-8H2,1H3,(H2,14,19)(H,15,17)(H,16,18). The van der Waals surface area contributed by atoms with Crippen molar-refractivity contribution in [2.45, 2.75) is 19.4 Å². The number of nitrogens with one attached hydrogen (secondary N) is 2. The Morgan fingerprint density at radius 3 is 2.47 bits per heavy atom. The molecule has 0 aromatic heterocycles. The number of hydrogen-bond acceptors (Lipinski definition) is 3. The van der Waals surface area contributed by atoms with Gasteiger partial charge in [0.2, 0.25) is 0 Å². The number of carbonyl (C=O) groups is 2. The highest BCUT2D eigenvalue weighted by molar-refractivity contribution is 7.80. The smallest absolute Gasteiger partial charge is 0.309 e. The van der Waals surface area contributed by atoms with Crippen LogP contribution in [0.2, 0.25) is 0 Å². The SMILES string of the molecule is CC(Cc1ccccc1)NC(=O)C(=O)NCC(N)=S. The molecule has 0 radical (unpaired) electrons. The van der Waals surface area contributed by atoms with Crippen molar-refractivity contribution in [1.29, 1.82) is 0 Å². The monoisotopic (exact) mass is 279 g/mol. The second-order valence-corrected chi connectivity index (χ2v) is 4.74. The van der Waals surface area contributed by atoms with E-state index in [4.69, 9.17) is 5.73 Å². The maximum Gasteiger partial charge on any atom is 0.309 e. The van der Waals surface area contributed by atoms with Crippen LogP contribution in [-0.4, -0.2) is 29.4 Å². The normalized spacial score (nSPS) is 11.4. The van der Waals surface area contributed by atoms with Crippen molar-refractivity contribution < 1.29 is 9.59 Å². The molecule has 0 bridgehead atoms. The fourth-order valence-electron chi connectivity index (χ4n) is 1.56. The van der Waals surface area contributed by atoms with Crippen LogP contribution >= 0.6 is 12.2 Å². The van der Waals surface area contributed by atoms with Crippen LogP contribution in [0, 0.1) is 0 Å². The van der Waals surface area contributed by atoms with E-state index in [1.807, 2.05) is 37.3 Å². The Morgan fingerprint density at radius 2 is 1.89 bits per heavy atom. The molecular formula is C13H17N3O2S. The Morgan fingerprint density at radius 1 is 1.26 bits per heavy atom. The fraction of sp³-hybridized carbons (Fsp3) is 0.308. The molecule has 0 aliphatic heterocycles. The van der Waals surface area contributed by atoms with Crippen molar-refractivity contribution in [2.75, 3.05) is 6.54 Å². The number of benzene rings is 1. The van der Waals surface area contributed by atoms with Crippen LogP contribution in [-0.2, 0) is 16.0 Å². The second-order valence-electron chi connectivity index (χ2n) is 4.21. The van der Waals surface area contributed by atoms with Crippen LogP contribution in [0.15, 0.2) is 30.3 Å². The van der Waals surface area contributed by atoms with Gasteiger partial charge in [-0.25, -0.2) is 0 Å². The molecule has 0 heterocycles. The lowest BCUT2D eigenvalue weighted by atomic mass is 10.1. The third kappa shape index (κ3) is 5.96. The van der Waals surface area contributed by atoms with Crippen LogP contribution in [0.3, 0.4) is 0 Å². The average molecular weight is 279 g/mol. The number of amides is 2. The molecule has 1 atom stereocenters. The Kier molecular flexibility index (Phi) is 5.95. The largest absolute Gasteiger partial charge is 0.392 e. The maximum absolute atomic E-state index is 11.5. The molecule has 5 nitrogen and oxygen atoms in total. The zero-order valence-electron chi connectivity index (χ0n) is 10.7. The second kappa shape index (κ2) is 7.48. The van der Waals surface area contributed by atoms with Crippen molar-refractivity contribution in [1.82, 2.24) is 10.6 Å². The Hall–Kier alpha value is -1.95.